The molecule has 0 aliphatic carbocycles. The van der Waals surface area contributed by atoms with Crippen molar-refractivity contribution in [2.45, 2.75) is 25.7 Å². The Hall–Kier alpha value is -2.91. The van der Waals surface area contributed by atoms with E-state index in [9.17, 15) is 23.1 Å². The van der Waals surface area contributed by atoms with Crippen molar-refractivity contribution in [2.75, 3.05) is 25.0 Å². The van der Waals surface area contributed by atoms with E-state index in [1.54, 1.807) is 32.9 Å². The molecule has 0 saturated carbocycles. The molecule has 0 aromatic heterocycles. The van der Waals surface area contributed by atoms with Gasteiger partial charge in [-0.25, -0.2) is 13.2 Å². The van der Waals surface area contributed by atoms with Gasteiger partial charge in [-0.05, 0) is 48.9 Å². The van der Waals surface area contributed by atoms with Gasteiger partial charge in [-0.2, -0.15) is 4.31 Å². The maximum atomic E-state index is 12.8. The summed E-state index contributed by atoms with van der Waals surface area (Å²) in [4.78, 5) is 24.1. The minimum absolute atomic E-state index is 0.00846. The number of hydrogen-bond acceptors (Lipinski definition) is 6. The molecule has 0 spiro atoms. The molecule has 29 heavy (non-hydrogen) atoms. The summed E-state index contributed by atoms with van der Waals surface area (Å²) in [5, 5.41) is 11.8. The van der Waals surface area contributed by atoms with Gasteiger partial charge in [0.05, 0.1) is 10.5 Å². The van der Waals surface area contributed by atoms with Crippen LogP contribution in [-0.4, -0.2) is 49.4 Å². The van der Waals surface area contributed by atoms with Crippen molar-refractivity contribution < 1.29 is 27.9 Å². The van der Waals surface area contributed by atoms with Crippen molar-refractivity contribution in [1.82, 2.24) is 4.31 Å². The van der Waals surface area contributed by atoms with Gasteiger partial charge in [0.2, 0.25) is 10.0 Å². The Morgan fingerprint density at radius 1 is 1.07 bits per heavy atom. The first-order chi connectivity index (χ1) is 13.7. The Balaban J connectivity index is 2.07. The molecule has 0 fully saturated rings. The van der Waals surface area contributed by atoms with Crippen molar-refractivity contribution in [3.8, 4) is 5.75 Å². The minimum Gasteiger partial charge on any atom is -0.508 e. The first-order valence-corrected chi connectivity index (χ1v) is 10.5. The molecule has 0 heterocycles. The number of rotatable bonds is 8. The summed E-state index contributed by atoms with van der Waals surface area (Å²) in [5.74, 6) is -1.31. The van der Waals surface area contributed by atoms with Crippen LogP contribution >= 0.6 is 0 Å². The van der Waals surface area contributed by atoms with Gasteiger partial charge in [-0.3, -0.25) is 4.79 Å². The van der Waals surface area contributed by atoms with Crippen LogP contribution in [0.1, 0.15) is 29.8 Å². The highest BCUT2D eigenvalue weighted by atomic mass is 32.2. The fraction of sp³-hybridized carbons (Fsp3) is 0.300. The van der Waals surface area contributed by atoms with Gasteiger partial charge in [-0.15, -0.1) is 0 Å². The van der Waals surface area contributed by atoms with Crippen LogP contribution in [-0.2, 0) is 19.6 Å². The molecule has 0 atom stereocenters. The zero-order valence-electron chi connectivity index (χ0n) is 16.5. The molecular formula is C20H24N2O6S. The molecule has 0 aliphatic rings. The maximum absolute atomic E-state index is 12.8. The molecule has 0 aliphatic heterocycles. The second kappa shape index (κ2) is 9.53. The van der Waals surface area contributed by atoms with Crippen LogP contribution < -0.4 is 5.32 Å². The van der Waals surface area contributed by atoms with Gasteiger partial charge in [0.1, 0.15) is 5.75 Å². The van der Waals surface area contributed by atoms with Gasteiger partial charge in [0.25, 0.3) is 5.91 Å². The van der Waals surface area contributed by atoms with Crippen molar-refractivity contribution in [3.05, 3.63) is 53.6 Å². The molecule has 2 rings (SSSR count). The van der Waals surface area contributed by atoms with Gasteiger partial charge in [0.15, 0.2) is 6.61 Å². The van der Waals surface area contributed by atoms with E-state index in [2.05, 4.69) is 5.32 Å². The number of nitrogens with one attached hydrogen (secondary N) is 1. The lowest BCUT2D eigenvalue weighted by Gasteiger charge is -2.20. The fourth-order valence-electron chi connectivity index (χ4n) is 2.67. The Labute approximate surface area is 170 Å². The predicted octanol–water partition coefficient (Wildman–Crippen LogP) is 2.53. The molecule has 2 aromatic rings. The van der Waals surface area contributed by atoms with Gasteiger partial charge in [-0.1, -0.05) is 19.9 Å². The third kappa shape index (κ3) is 5.55. The molecule has 2 N–H and O–H groups in total. The van der Waals surface area contributed by atoms with Crippen molar-refractivity contribution in [1.29, 1.82) is 0 Å². The number of benzene rings is 2. The number of phenols is 1. The number of aromatic hydroxyl groups is 1. The standard InChI is InChI=1S/C20H24N2O6S/c1-4-22(5-2)29(26,27)18-12-16(9-6-14(18)3)21-19(24)13-28-20(25)15-7-10-17(23)11-8-15/h6-12,23H,4-5,13H2,1-3H3,(H,21,24). The van der Waals surface area contributed by atoms with E-state index in [-0.39, 0.29) is 21.9 Å². The molecule has 8 nitrogen and oxygen atoms in total. The molecule has 156 valence electrons. The number of carbonyl (C=O) groups is 2. The molecule has 0 bridgehead atoms. The van der Waals surface area contributed by atoms with Crippen molar-refractivity contribution in [2.24, 2.45) is 0 Å². The van der Waals surface area contributed by atoms with E-state index in [0.717, 1.165) is 0 Å². The van der Waals surface area contributed by atoms with Gasteiger partial charge in [0, 0.05) is 18.8 Å². The normalized spacial score (nSPS) is 11.3. The van der Waals surface area contributed by atoms with Crippen LogP contribution in [0.5, 0.6) is 5.75 Å². The number of nitrogens with zero attached hydrogens (tertiary/aromatic N) is 1. The second-order valence-electron chi connectivity index (χ2n) is 6.24. The summed E-state index contributed by atoms with van der Waals surface area (Å²) in [6.45, 7) is 5.33. The summed E-state index contributed by atoms with van der Waals surface area (Å²) in [6.07, 6.45) is 0. The fourth-order valence-corrected chi connectivity index (χ4v) is 4.38. The molecule has 0 saturated heterocycles. The number of ether oxygens (including phenoxy) is 1. The third-order valence-electron chi connectivity index (χ3n) is 4.23. The topological polar surface area (TPSA) is 113 Å². The quantitative estimate of drug-likeness (QED) is 0.635. The number of sulfonamides is 1. The smallest absolute Gasteiger partial charge is 0.338 e. The van der Waals surface area contributed by atoms with E-state index in [4.69, 9.17) is 4.74 Å². The zero-order chi connectivity index (χ0) is 21.6. The number of hydrogen-bond donors (Lipinski definition) is 2. The SMILES string of the molecule is CCN(CC)S(=O)(=O)c1cc(NC(=O)COC(=O)c2ccc(O)cc2)ccc1C. The number of anilines is 1. The van der Waals surface area contributed by atoms with Crippen LogP contribution in [0.2, 0.25) is 0 Å². The first-order valence-electron chi connectivity index (χ1n) is 9.05. The molecule has 1 amide bonds. The van der Waals surface area contributed by atoms with Crippen molar-refractivity contribution >= 4 is 27.6 Å². The first kappa shape index (κ1) is 22.4. The molecule has 0 unspecified atom stereocenters. The number of amides is 1. The number of aryl methyl sites for hydroxylation is 1. The van der Waals surface area contributed by atoms with E-state index >= 15 is 0 Å². The van der Waals surface area contributed by atoms with E-state index in [1.807, 2.05) is 0 Å². The predicted molar refractivity (Wildman–Crippen MR) is 108 cm³/mol. The Morgan fingerprint density at radius 3 is 2.28 bits per heavy atom. The van der Waals surface area contributed by atoms with Crippen LogP contribution in [0.3, 0.4) is 0 Å². The summed E-state index contributed by atoms with van der Waals surface area (Å²) >= 11 is 0. The van der Waals surface area contributed by atoms with Crippen molar-refractivity contribution in [3.63, 3.8) is 0 Å². The van der Waals surface area contributed by atoms with Crippen LogP contribution in [0, 0.1) is 6.92 Å². The lowest BCUT2D eigenvalue weighted by Crippen LogP contribution is -2.31. The summed E-state index contributed by atoms with van der Waals surface area (Å²) in [5.41, 5.74) is 1.04. The number of carbonyl (C=O) groups excluding carboxylic acids is 2. The molecule has 0 radical (unpaired) electrons. The van der Waals surface area contributed by atoms with Crippen LogP contribution in [0.25, 0.3) is 0 Å². The average molecular weight is 420 g/mol. The highest BCUT2D eigenvalue weighted by molar-refractivity contribution is 7.89. The van der Waals surface area contributed by atoms with E-state index in [0.29, 0.717) is 18.7 Å². The van der Waals surface area contributed by atoms with Gasteiger partial charge < -0.3 is 15.2 Å². The average Bonchev–Trinajstić information content (AvgIpc) is 2.68. The monoisotopic (exact) mass is 420 g/mol. The summed E-state index contributed by atoms with van der Waals surface area (Å²) < 4.78 is 31.8. The Kier molecular flexibility index (Phi) is 7.35. The van der Waals surface area contributed by atoms with Crippen LogP contribution in [0.15, 0.2) is 47.4 Å². The zero-order valence-corrected chi connectivity index (χ0v) is 17.3. The Bertz CT molecular complexity index is 983. The molecular weight excluding hydrogens is 396 g/mol. The lowest BCUT2D eigenvalue weighted by molar-refractivity contribution is -0.119. The van der Waals surface area contributed by atoms with E-state index in [1.165, 1.54) is 34.6 Å². The molecule has 9 heteroatoms. The largest absolute Gasteiger partial charge is 0.508 e. The summed E-state index contributed by atoms with van der Waals surface area (Å²) in [6, 6.07) is 9.99. The highest BCUT2D eigenvalue weighted by Gasteiger charge is 2.24. The number of esters is 1. The summed E-state index contributed by atoms with van der Waals surface area (Å²) in [7, 11) is -3.68. The third-order valence-corrected chi connectivity index (χ3v) is 6.42. The van der Waals surface area contributed by atoms with Gasteiger partial charge >= 0.3 is 5.97 Å². The van der Waals surface area contributed by atoms with E-state index < -0.39 is 28.5 Å². The Morgan fingerprint density at radius 2 is 1.69 bits per heavy atom. The highest BCUT2D eigenvalue weighted by Crippen LogP contribution is 2.23. The number of phenolic OH excluding ortho intramolecular Hbond substituents is 1. The minimum atomic E-state index is -3.68. The lowest BCUT2D eigenvalue weighted by atomic mass is 10.2. The molecule has 2 aromatic carbocycles. The second-order valence-corrected chi connectivity index (χ2v) is 8.15. The van der Waals surface area contributed by atoms with Crippen LogP contribution in [0.4, 0.5) is 5.69 Å². The maximum Gasteiger partial charge on any atom is 0.338 e.